The summed E-state index contributed by atoms with van der Waals surface area (Å²) in [4.78, 5) is 17.4. The lowest BCUT2D eigenvalue weighted by Gasteiger charge is -2.40. The summed E-state index contributed by atoms with van der Waals surface area (Å²) in [6, 6.07) is 9.46. The van der Waals surface area contributed by atoms with Gasteiger partial charge in [-0.2, -0.15) is 0 Å². The molecule has 0 aliphatic carbocycles. The van der Waals surface area contributed by atoms with Crippen molar-refractivity contribution in [2.75, 3.05) is 6.61 Å². The molecule has 1 aliphatic rings. The Labute approximate surface area is 133 Å². The highest BCUT2D eigenvalue weighted by molar-refractivity contribution is 7.46. The highest BCUT2D eigenvalue weighted by atomic mass is 31.2. The number of aryl methyl sites for hydroxylation is 1. The first-order chi connectivity index (χ1) is 10.8. The summed E-state index contributed by atoms with van der Waals surface area (Å²) in [7, 11) is -4.71. The van der Waals surface area contributed by atoms with E-state index in [2.05, 4.69) is 4.52 Å². The van der Waals surface area contributed by atoms with E-state index in [4.69, 9.17) is 14.5 Å². The van der Waals surface area contributed by atoms with Crippen molar-refractivity contribution < 1.29 is 38.9 Å². The molecule has 1 heterocycles. The van der Waals surface area contributed by atoms with Gasteiger partial charge in [-0.25, -0.2) is 4.57 Å². The lowest BCUT2D eigenvalue weighted by atomic mass is 9.92. The molecule has 1 aromatic carbocycles. The minimum Gasteiger partial charge on any atom is -0.388 e. The van der Waals surface area contributed by atoms with Gasteiger partial charge in [-0.1, -0.05) is 30.3 Å². The summed E-state index contributed by atoms with van der Waals surface area (Å²) in [6.45, 7) is -0.586. The maximum Gasteiger partial charge on any atom is 0.469 e. The number of aliphatic hydroxyl groups is 3. The number of benzene rings is 1. The second kappa shape index (κ2) is 7.83. The fourth-order valence-corrected chi connectivity index (χ4v) is 2.87. The van der Waals surface area contributed by atoms with Crippen molar-refractivity contribution in [2.45, 2.75) is 43.4 Å². The van der Waals surface area contributed by atoms with Crippen LogP contribution in [0.2, 0.25) is 0 Å². The highest BCUT2D eigenvalue weighted by Gasteiger charge is 2.43. The molecule has 5 unspecified atom stereocenters. The van der Waals surface area contributed by atoms with E-state index in [1.807, 2.05) is 30.3 Å². The van der Waals surface area contributed by atoms with Crippen LogP contribution in [0, 0.1) is 0 Å². The number of hydrogen-bond donors (Lipinski definition) is 5. The third-order valence-electron chi connectivity index (χ3n) is 3.78. The van der Waals surface area contributed by atoms with E-state index in [1.54, 1.807) is 0 Å². The van der Waals surface area contributed by atoms with Crippen LogP contribution in [0.4, 0.5) is 0 Å². The highest BCUT2D eigenvalue weighted by Crippen LogP contribution is 2.37. The van der Waals surface area contributed by atoms with Crippen LogP contribution in [-0.4, -0.2) is 62.2 Å². The Kier molecular flexibility index (Phi) is 6.30. The number of phosphoric acid groups is 1. The quantitative estimate of drug-likeness (QED) is 0.437. The fourth-order valence-electron chi connectivity index (χ4n) is 2.53. The van der Waals surface area contributed by atoms with Crippen LogP contribution in [0.3, 0.4) is 0 Å². The molecular weight excluding hydrogens is 327 g/mol. The predicted molar refractivity (Wildman–Crippen MR) is 79.4 cm³/mol. The van der Waals surface area contributed by atoms with E-state index in [9.17, 15) is 19.9 Å². The molecule has 1 aliphatic heterocycles. The minimum atomic E-state index is -4.71. The van der Waals surface area contributed by atoms with Crippen LogP contribution < -0.4 is 0 Å². The smallest absolute Gasteiger partial charge is 0.388 e. The molecule has 0 saturated carbocycles. The second-order valence-electron chi connectivity index (χ2n) is 5.50. The summed E-state index contributed by atoms with van der Waals surface area (Å²) in [5.74, 6) is 0. The first-order valence-corrected chi connectivity index (χ1v) is 8.74. The van der Waals surface area contributed by atoms with Gasteiger partial charge in [0.1, 0.15) is 24.4 Å². The van der Waals surface area contributed by atoms with Crippen molar-refractivity contribution in [3.8, 4) is 0 Å². The van der Waals surface area contributed by atoms with Crippen molar-refractivity contribution >= 4 is 7.82 Å². The number of aliphatic hydroxyl groups excluding tert-OH is 3. The molecule has 23 heavy (non-hydrogen) atoms. The van der Waals surface area contributed by atoms with Crippen LogP contribution in [0.25, 0.3) is 0 Å². The van der Waals surface area contributed by atoms with Crippen molar-refractivity contribution in [2.24, 2.45) is 0 Å². The molecule has 1 fully saturated rings. The number of rotatable bonds is 6. The molecule has 0 aromatic heterocycles. The van der Waals surface area contributed by atoms with Crippen molar-refractivity contribution in [3.63, 3.8) is 0 Å². The Morgan fingerprint density at radius 2 is 1.61 bits per heavy atom. The van der Waals surface area contributed by atoms with E-state index < -0.39 is 44.9 Å². The number of hydrogen-bond acceptors (Lipinski definition) is 6. The molecule has 1 aromatic rings. The fraction of sp³-hybridized carbons (Fsp3) is 0.571. The van der Waals surface area contributed by atoms with Gasteiger partial charge in [0.2, 0.25) is 0 Å². The van der Waals surface area contributed by atoms with E-state index in [1.165, 1.54) is 0 Å². The molecule has 8 nitrogen and oxygen atoms in total. The van der Waals surface area contributed by atoms with Crippen molar-refractivity contribution in [1.82, 2.24) is 0 Å². The Hall–Kier alpha value is -0.830. The molecule has 5 atom stereocenters. The van der Waals surface area contributed by atoms with Gasteiger partial charge in [-0.05, 0) is 18.4 Å². The third kappa shape index (κ3) is 5.34. The Balaban J connectivity index is 1.96. The van der Waals surface area contributed by atoms with Crippen LogP contribution in [0.5, 0.6) is 0 Å². The average Bonchev–Trinajstić information content (AvgIpc) is 2.51. The van der Waals surface area contributed by atoms with Crippen LogP contribution in [0.1, 0.15) is 12.0 Å². The standard InChI is InChI=1S/C14H21O8P/c15-12-10(7-6-9-4-2-1-3-5-9)22-11(13(16)14(12)17)8-21-23(18,19)20/h1-5,10-17H,6-8H2,(H2,18,19,20). The van der Waals surface area contributed by atoms with Gasteiger partial charge in [0.05, 0.1) is 12.7 Å². The molecule has 9 heteroatoms. The summed E-state index contributed by atoms with van der Waals surface area (Å²) in [6.07, 6.45) is -5.22. The van der Waals surface area contributed by atoms with Gasteiger partial charge < -0.3 is 29.8 Å². The zero-order valence-corrected chi connectivity index (χ0v) is 13.2. The molecule has 0 bridgehead atoms. The molecule has 0 radical (unpaired) electrons. The summed E-state index contributed by atoms with van der Waals surface area (Å²) >= 11 is 0. The molecular formula is C14H21O8P. The second-order valence-corrected chi connectivity index (χ2v) is 6.73. The molecule has 5 N–H and O–H groups in total. The molecule has 0 amide bonds. The summed E-state index contributed by atoms with van der Waals surface area (Å²) < 4.78 is 20.5. The number of phosphoric ester groups is 1. The maximum atomic E-state index is 10.7. The maximum absolute atomic E-state index is 10.7. The monoisotopic (exact) mass is 348 g/mol. The van der Waals surface area contributed by atoms with E-state index in [-0.39, 0.29) is 0 Å². The molecule has 2 rings (SSSR count). The van der Waals surface area contributed by atoms with E-state index >= 15 is 0 Å². The molecule has 0 spiro atoms. The Bertz CT molecular complexity index is 533. The van der Waals surface area contributed by atoms with Gasteiger partial charge in [0.15, 0.2) is 0 Å². The van der Waals surface area contributed by atoms with Gasteiger partial charge in [0.25, 0.3) is 0 Å². The zero-order valence-electron chi connectivity index (χ0n) is 12.3. The van der Waals surface area contributed by atoms with Crippen LogP contribution in [-0.2, 0) is 20.2 Å². The number of ether oxygens (including phenoxy) is 1. The summed E-state index contributed by atoms with van der Waals surface area (Å²) in [5.41, 5.74) is 1.02. The predicted octanol–water partition coefficient (Wildman–Crippen LogP) is -0.421. The van der Waals surface area contributed by atoms with Gasteiger partial charge >= 0.3 is 7.82 Å². The first-order valence-electron chi connectivity index (χ1n) is 7.21. The topological polar surface area (TPSA) is 137 Å². The molecule has 1 saturated heterocycles. The molecule has 130 valence electrons. The Morgan fingerprint density at radius 1 is 1.00 bits per heavy atom. The lowest BCUT2D eigenvalue weighted by Crippen LogP contribution is -2.58. The Morgan fingerprint density at radius 3 is 2.22 bits per heavy atom. The summed E-state index contributed by atoms with van der Waals surface area (Å²) in [5, 5.41) is 29.7. The van der Waals surface area contributed by atoms with Crippen LogP contribution >= 0.6 is 7.82 Å². The van der Waals surface area contributed by atoms with Gasteiger partial charge in [-0.15, -0.1) is 0 Å². The third-order valence-corrected chi connectivity index (χ3v) is 4.26. The first kappa shape index (κ1) is 18.5. The van der Waals surface area contributed by atoms with E-state index in [0.29, 0.717) is 12.8 Å². The minimum absolute atomic E-state index is 0.376. The van der Waals surface area contributed by atoms with Crippen LogP contribution in [0.15, 0.2) is 30.3 Å². The van der Waals surface area contributed by atoms with Crippen molar-refractivity contribution in [1.29, 1.82) is 0 Å². The largest absolute Gasteiger partial charge is 0.469 e. The van der Waals surface area contributed by atoms with Gasteiger partial charge in [-0.3, -0.25) is 4.52 Å². The van der Waals surface area contributed by atoms with E-state index in [0.717, 1.165) is 5.56 Å². The average molecular weight is 348 g/mol. The van der Waals surface area contributed by atoms with Crippen molar-refractivity contribution in [3.05, 3.63) is 35.9 Å². The van der Waals surface area contributed by atoms with Gasteiger partial charge in [0, 0.05) is 0 Å². The normalized spacial score (nSPS) is 32.0. The zero-order chi connectivity index (χ0) is 17.0. The SMILES string of the molecule is O=P(O)(O)OCC1OC(CCc2ccccc2)C(O)C(O)C1O. The lowest BCUT2D eigenvalue weighted by molar-refractivity contribution is -0.229.